The third-order valence-electron chi connectivity index (χ3n) is 3.61. The van der Waals surface area contributed by atoms with Crippen molar-refractivity contribution in [2.45, 2.75) is 32.9 Å². The molecule has 0 spiro atoms. The molecule has 6 nitrogen and oxygen atoms in total. The zero-order chi connectivity index (χ0) is 16.8. The molecule has 8 heteroatoms. The first-order valence-corrected chi connectivity index (χ1v) is 9.12. The first kappa shape index (κ1) is 17.9. The number of nitrogens with one attached hydrogen (secondary N) is 1. The Morgan fingerprint density at radius 3 is 3.00 bits per heavy atom. The standard InChI is InChI=1S/C15H21ClN4O2S/c1-3-6-23-10-13(20(21)22)15-18-7-11(2)19(15)9-12-4-5-14(16)17-8-12/h4-5,8,11,18H,3,6-7,9-10H2,1-2H3. The van der Waals surface area contributed by atoms with Crippen LogP contribution < -0.4 is 5.32 Å². The van der Waals surface area contributed by atoms with Crippen molar-refractivity contribution in [3.8, 4) is 0 Å². The Morgan fingerprint density at radius 1 is 1.61 bits per heavy atom. The zero-order valence-corrected chi connectivity index (χ0v) is 14.9. The summed E-state index contributed by atoms with van der Waals surface area (Å²) in [5, 5.41) is 15.1. The van der Waals surface area contributed by atoms with E-state index in [0.717, 1.165) is 17.7 Å². The van der Waals surface area contributed by atoms with Crippen molar-refractivity contribution in [3.63, 3.8) is 0 Å². The lowest BCUT2D eigenvalue weighted by Crippen LogP contribution is -2.29. The fraction of sp³-hybridized carbons (Fsp3) is 0.533. The minimum Gasteiger partial charge on any atom is -0.364 e. The number of nitro groups is 1. The Balaban J connectivity index is 2.21. The van der Waals surface area contributed by atoms with Crippen LogP contribution in [-0.2, 0) is 6.54 Å². The molecular weight excluding hydrogens is 336 g/mol. The quantitative estimate of drug-likeness (QED) is 0.350. The Hall–Kier alpha value is -1.47. The van der Waals surface area contributed by atoms with Crippen LogP contribution in [0.4, 0.5) is 0 Å². The molecule has 0 amide bonds. The van der Waals surface area contributed by atoms with E-state index in [1.165, 1.54) is 0 Å². The molecule has 0 bridgehead atoms. The summed E-state index contributed by atoms with van der Waals surface area (Å²) >= 11 is 7.40. The van der Waals surface area contributed by atoms with Crippen molar-refractivity contribution in [3.05, 3.63) is 50.7 Å². The minimum atomic E-state index is -0.268. The van der Waals surface area contributed by atoms with Crippen molar-refractivity contribution < 1.29 is 4.92 Å². The van der Waals surface area contributed by atoms with Crippen LogP contribution in [0.25, 0.3) is 0 Å². The Bertz CT molecular complexity index is 579. The van der Waals surface area contributed by atoms with Crippen LogP contribution in [0, 0.1) is 10.1 Å². The van der Waals surface area contributed by atoms with Crippen molar-refractivity contribution in [2.24, 2.45) is 0 Å². The van der Waals surface area contributed by atoms with Crippen LogP contribution in [-0.4, -0.2) is 38.9 Å². The van der Waals surface area contributed by atoms with Crippen molar-refractivity contribution >= 4 is 23.4 Å². The number of aromatic nitrogens is 1. The maximum Gasteiger partial charge on any atom is 0.295 e. The number of nitrogens with zero attached hydrogens (tertiary/aromatic N) is 3. The first-order chi connectivity index (χ1) is 11.0. The van der Waals surface area contributed by atoms with Gasteiger partial charge in [0.1, 0.15) is 5.15 Å². The summed E-state index contributed by atoms with van der Waals surface area (Å²) in [4.78, 5) is 17.3. The molecule has 1 aromatic heterocycles. The molecule has 126 valence electrons. The Labute approximate surface area is 145 Å². The van der Waals surface area contributed by atoms with Gasteiger partial charge in [0.15, 0.2) is 5.82 Å². The van der Waals surface area contributed by atoms with Crippen molar-refractivity contribution in [1.82, 2.24) is 15.2 Å². The molecule has 1 aromatic rings. The average Bonchev–Trinajstić information content (AvgIpc) is 2.87. The molecule has 1 N–H and O–H groups in total. The van der Waals surface area contributed by atoms with Gasteiger partial charge in [-0.1, -0.05) is 24.6 Å². The molecule has 0 aliphatic carbocycles. The van der Waals surface area contributed by atoms with Gasteiger partial charge >= 0.3 is 0 Å². The van der Waals surface area contributed by atoms with E-state index in [-0.39, 0.29) is 16.7 Å². The molecular formula is C15H21ClN4O2S. The highest BCUT2D eigenvalue weighted by atomic mass is 35.5. The zero-order valence-electron chi connectivity index (χ0n) is 13.3. The predicted molar refractivity (Wildman–Crippen MR) is 93.9 cm³/mol. The van der Waals surface area contributed by atoms with Gasteiger partial charge in [-0.3, -0.25) is 10.1 Å². The van der Waals surface area contributed by atoms with E-state index in [0.29, 0.717) is 29.8 Å². The maximum absolute atomic E-state index is 11.5. The normalized spacial score (nSPS) is 19.6. The molecule has 1 unspecified atom stereocenters. The second-order valence-electron chi connectivity index (χ2n) is 5.45. The molecule has 2 heterocycles. The summed E-state index contributed by atoms with van der Waals surface area (Å²) in [6.07, 6.45) is 2.72. The van der Waals surface area contributed by atoms with Crippen LogP contribution >= 0.6 is 23.4 Å². The number of halogens is 1. The molecule has 0 radical (unpaired) electrons. The monoisotopic (exact) mass is 356 g/mol. The maximum atomic E-state index is 11.5. The molecule has 23 heavy (non-hydrogen) atoms. The lowest BCUT2D eigenvalue weighted by Gasteiger charge is -2.23. The summed E-state index contributed by atoms with van der Waals surface area (Å²) in [6.45, 7) is 5.40. The SMILES string of the molecule is CCCSCC(=C1NCC(C)N1Cc1ccc(Cl)nc1)[N+](=O)[O-]. The topological polar surface area (TPSA) is 71.3 Å². The van der Waals surface area contributed by atoms with E-state index in [1.54, 1.807) is 24.0 Å². The molecule has 1 atom stereocenters. The molecule has 1 saturated heterocycles. The average molecular weight is 357 g/mol. The summed E-state index contributed by atoms with van der Waals surface area (Å²) in [7, 11) is 0. The van der Waals surface area contributed by atoms with Crippen LogP contribution in [0.5, 0.6) is 0 Å². The minimum absolute atomic E-state index is 0.187. The van der Waals surface area contributed by atoms with Crippen molar-refractivity contribution in [2.75, 3.05) is 18.1 Å². The number of thioether (sulfide) groups is 1. The van der Waals surface area contributed by atoms with Crippen LogP contribution in [0.1, 0.15) is 25.8 Å². The number of pyridine rings is 1. The van der Waals surface area contributed by atoms with Gasteiger partial charge in [-0.05, 0) is 30.7 Å². The molecule has 1 aliphatic heterocycles. The summed E-state index contributed by atoms with van der Waals surface area (Å²) in [5.41, 5.74) is 1.22. The van der Waals surface area contributed by atoms with Crippen LogP contribution in [0.15, 0.2) is 29.8 Å². The van der Waals surface area contributed by atoms with Crippen LogP contribution in [0.3, 0.4) is 0 Å². The second-order valence-corrected chi connectivity index (χ2v) is 6.94. The second kappa shape index (κ2) is 8.40. The number of rotatable bonds is 7. The lowest BCUT2D eigenvalue weighted by molar-refractivity contribution is -0.426. The highest BCUT2D eigenvalue weighted by Crippen LogP contribution is 2.24. The highest BCUT2D eigenvalue weighted by Gasteiger charge is 2.32. The largest absolute Gasteiger partial charge is 0.364 e. The van der Waals surface area contributed by atoms with E-state index in [1.807, 2.05) is 11.0 Å². The Kier molecular flexibility index (Phi) is 6.53. The predicted octanol–water partition coefficient (Wildman–Crippen LogP) is 3.12. The van der Waals surface area contributed by atoms with Gasteiger partial charge in [0, 0.05) is 25.3 Å². The van der Waals surface area contributed by atoms with Gasteiger partial charge in [-0.15, -0.1) is 0 Å². The Morgan fingerprint density at radius 2 is 2.39 bits per heavy atom. The fourth-order valence-corrected chi connectivity index (χ4v) is 3.38. The summed E-state index contributed by atoms with van der Waals surface area (Å²) < 4.78 is 0. The van der Waals surface area contributed by atoms with E-state index in [9.17, 15) is 10.1 Å². The van der Waals surface area contributed by atoms with E-state index in [2.05, 4.69) is 24.1 Å². The van der Waals surface area contributed by atoms with Crippen molar-refractivity contribution in [1.29, 1.82) is 0 Å². The molecule has 0 saturated carbocycles. The van der Waals surface area contributed by atoms with Gasteiger partial charge in [-0.25, -0.2) is 4.98 Å². The number of hydrogen-bond donors (Lipinski definition) is 1. The van der Waals surface area contributed by atoms with E-state index < -0.39 is 0 Å². The van der Waals surface area contributed by atoms with Gasteiger partial charge in [0.25, 0.3) is 5.70 Å². The van der Waals surface area contributed by atoms with Gasteiger partial charge in [0.05, 0.1) is 10.7 Å². The fourth-order valence-electron chi connectivity index (χ4n) is 2.40. The third kappa shape index (κ3) is 4.75. The van der Waals surface area contributed by atoms with Crippen LogP contribution in [0.2, 0.25) is 5.15 Å². The van der Waals surface area contributed by atoms with Gasteiger partial charge in [-0.2, -0.15) is 11.8 Å². The molecule has 1 aliphatic rings. The highest BCUT2D eigenvalue weighted by molar-refractivity contribution is 7.99. The van der Waals surface area contributed by atoms with E-state index >= 15 is 0 Å². The van der Waals surface area contributed by atoms with E-state index in [4.69, 9.17) is 11.6 Å². The van der Waals surface area contributed by atoms with Gasteiger partial charge < -0.3 is 10.2 Å². The number of hydrogen-bond acceptors (Lipinski definition) is 6. The lowest BCUT2D eigenvalue weighted by atomic mass is 10.2. The molecule has 1 fully saturated rings. The van der Waals surface area contributed by atoms with Gasteiger partial charge in [0.2, 0.25) is 0 Å². The molecule has 0 aromatic carbocycles. The molecule has 2 rings (SSSR count). The summed E-state index contributed by atoms with van der Waals surface area (Å²) in [6, 6.07) is 3.82. The smallest absolute Gasteiger partial charge is 0.295 e. The first-order valence-electron chi connectivity index (χ1n) is 7.59. The third-order valence-corrected chi connectivity index (χ3v) is 5.00. The summed E-state index contributed by atoms with van der Waals surface area (Å²) in [5.74, 6) is 1.95.